The zero-order chi connectivity index (χ0) is 26.4. The van der Waals surface area contributed by atoms with Gasteiger partial charge >= 0.3 is 0 Å². The molecule has 3 aliphatic rings. The second-order valence-electron chi connectivity index (χ2n) is 10.2. The number of morpholine rings is 1. The first-order valence-electron chi connectivity index (χ1n) is 11.9. The van der Waals surface area contributed by atoms with Crippen LogP contribution in [-0.4, -0.2) is 59.5 Å². The summed E-state index contributed by atoms with van der Waals surface area (Å²) in [6.07, 6.45) is 4.63. The van der Waals surface area contributed by atoms with E-state index in [0.29, 0.717) is 18.5 Å². The molecule has 9 heteroatoms. The summed E-state index contributed by atoms with van der Waals surface area (Å²) >= 11 is 0. The van der Waals surface area contributed by atoms with Crippen molar-refractivity contribution in [3.63, 3.8) is 0 Å². The van der Waals surface area contributed by atoms with Crippen LogP contribution in [0.25, 0.3) is 0 Å². The van der Waals surface area contributed by atoms with Gasteiger partial charge < -0.3 is 20.5 Å². The molecule has 4 rings (SSSR count). The van der Waals surface area contributed by atoms with Gasteiger partial charge in [-0.15, -0.1) is 0 Å². The van der Waals surface area contributed by atoms with Crippen LogP contribution in [0.4, 0.5) is 8.78 Å². The van der Waals surface area contributed by atoms with E-state index in [0.717, 1.165) is 18.6 Å². The second kappa shape index (κ2) is 9.28. The average molecular weight is 497 g/mol. The smallest absolute Gasteiger partial charge is 0.271 e. The maximum atomic E-state index is 14.3. The molecule has 2 bridgehead atoms. The van der Waals surface area contributed by atoms with E-state index in [4.69, 9.17) is 21.0 Å². The number of ether oxygens (including phenoxy) is 1. The lowest BCUT2D eigenvalue weighted by molar-refractivity contribution is -0.139. The monoisotopic (exact) mass is 496 g/mol. The van der Waals surface area contributed by atoms with Gasteiger partial charge in [0, 0.05) is 24.2 Å². The maximum Gasteiger partial charge on any atom is 0.271 e. The maximum absolute atomic E-state index is 14.3. The van der Waals surface area contributed by atoms with Crippen molar-refractivity contribution in [2.45, 2.75) is 39.7 Å². The number of benzene rings is 1. The van der Waals surface area contributed by atoms with Gasteiger partial charge in [0.05, 0.1) is 24.0 Å². The van der Waals surface area contributed by atoms with E-state index in [2.05, 4.69) is 0 Å². The number of fused-ring (bicyclic) bond motifs is 2. The summed E-state index contributed by atoms with van der Waals surface area (Å²) in [4.78, 5) is 25.6. The van der Waals surface area contributed by atoms with Gasteiger partial charge in [0.1, 0.15) is 17.3 Å². The van der Waals surface area contributed by atoms with Gasteiger partial charge in [0.2, 0.25) is 0 Å². The SMILES string of the molecule is CC(=O)/C=C\C(=N)C(=O)N1CCO[C@H]([C@@]23CC[C@@H](/C(=C/C(=N)c4c(F)cccc4F)C2=N)C3(C)C)C1. The van der Waals surface area contributed by atoms with Gasteiger partial charge in [-0.1, -0.05) is 19.9 Å². The number of hydrogen-bond donors (Lipinski definition) is 3. The highest BCUT2D eigenvalue weighted by Crippen LogP contribution is 2.68. The molecule has 0 spiro atoms. The minimum absolute atomic E-state index is 0.105. The van der Waals surface area contributed by atoms with Gasteiger partial charge in [0.25, 0.3) is 5.91 Å². The zero-order valence-electron chi connectivity index (χ0n) is 20.6. The first-order chi connectivity index (χ1) is 16.9. The van der Waals surface area contributed by atoms with Crippen LogP contribution in [0.15, 0.2) is 42.0 Å². The fourth-order valence-corrected chi connectivity index (χ4v) is 6.26. The van der Waals surface area contributed by atoms with Crippen LogP contribution in [0, 0.1) is 44.6 Å². The predicted octanol–water partition coefficient (Wildman–Crippen LogP) is 4.11. The molecule has 3 fully saturated rings. The van der Waals surface area contributed by atoms with E-state index >= 15 is 0 Å². The Balaban J connectivity index is 1.64. The fraction of sp³-hybridized carbons (Fsp3) is 0.444. The van der Waals surface area contributed by atoms with E-state index < -0.39 is 40.0 Å². The molecule has 0 aromatic heterocycles. The van der Waals surface area contributed by atoms with Gasteiger partial charge in [0.15, 0.2) is 5.78 Å². The minimum Gasteiger partial charge on any atom is -0.374 e. The van der Waals surface area contributed by atoms with Crippen LogP contribution in [0.5, 0.6) is 0 Å². The van der Waals surface area contributed by atoms with Crippen molar-refractivity contribution in [3.05, 3.63) is 59.2 Å². The zero-order valence-corrected chi connectivity index (χ0v) is 20.6. The Kier molecular flexibility index (Phi) is 6.64. The summed E-state index contributed by atoms with van der Waals surface area (Å²) in [6, 6.07) is 3.46. The molecule has 0 radical (unpaired) electrons. The minimum atomic E-state index is -0.827. The van der Waals surface area contributed by atoms with E-state index in [-0.39, 0.29) is 42.0 Å². The molecule has 2 aliphatic carbocycles. The van der Waals surface area contributed by atoms with Gasteiger partial charge in [-0.05, 0) is 67.0 Å². The number of nitrogens with zero attached hydrogens (tertiary/aromatic N) is 1. The Hall–Kier alpha value is -3.33. The summed E-state index contributed by atoms with van der Waals surface area (Å²) in [5, 5.41) is 25.6. The number of amides is 1. The lowest BCUT2D eigenvalue weighted by atomic mass is 9.64. The molecule has 1 saturated heterocycles. The third kappa shape index (κ3) is 3.95. The Morgan fingerprint density at radius 2 is 1.83 bits per heavy atom. The second-order valence-corrected chi connectivity index (χ2v) is 10.2. The van der Waals surface area contributed by atoms with E-state index in [1.165, 1.54) is 36.1 Å². The number of allylic oxidation sites excluding steroid dienone is 3. The van der Waals surface area contributed by atoms with E-state index in [1.807, 2.05) is 13.8 Å². The van der Waals surface area contributed by atoms with Crippen molar-refractivity contribution >= 4 is 28.8 Å². The number of hydrogen-bond acceptors (Lipinski definition) is 6. The largest absolute Gasteiger partial charge is 0.374 e. The molecule has 7 nitrogen and oxygen atoms in total. The van der Waals surface area contributed by atoms with E-state index in [9.17, 15) is 18.4 Å². The molecule has 1 amide bonds. The van der Waals surface area contributed by atoms with Crippen LogP contribution < -0.4 is 0 Å². The van der Waals surface area contributed by atoms with Crippen LogP contribution >= 0.6 is 0 Å². The molecule has 3 N–H and O–H groups in total. The first-order valence-corrected chi connectivity index (χ1v) is 11.9. The quantitative estimate of drug-likeness (QED) is 0.406. The molecular formula is C27H30F2N4O3. The highest BCUT2D eigenvalue weighted by atomic mass is 19.1. The van der Waals surface area contributed by atoms with Gasteiger partial charge in [-0.25, -0.2) is 8.78 Å². The standard InChI is InChI=1S/C27H30F2N4O3/c1-15(34)7-8-20(30)25(35)33-11-12-36-22(14-33)27-10-9-17(26(27,2)3)16(24(27)32)13-21(31)23-18(28)5-4-6-19(23)29/h4-8,13,17,22,30-32H,9-12,14H2,1-3H3/b8-7-,16-13-,30-20?,31-21?,32-24?/t17-,22-,27-/m0/s1. The van der Waals surface area contributed by atoms with Crippen LogP contribution in [-0.2, 0) is 14.3 Å². The van der Waals surface area contributed by atoms with Crippen LogP contribution in [0.2, 0.25) is 0 Å². The lowest BCUT2D eigenvalue weighted by Crippen LogP contribution is -2.57. The molecule has 1 heterocycles. The van der Waals surface area contributed by atoms with Crippen LogP contribution in [0.1, 0.15) is 39.2 Å². The lowest BCUT2D eigenvalue weighted by Gasteiger charge is -2.47. The first kappa shape index (κ1) is 25.8. The third-order valence-electron chi connectivity index (χ3n) is 8.11. The molecule has 2 saturated carbocycles. The van der Waals surface area contributed by atoms with Crippen molar-refractivity contribution in [2.75, 3.05) is 19.7 Å². The number of nitrogens with one attached hydrogen (secondary N) is 3. The number of rotatable bonds is 6. The fourth-order valence-electron chi connectivity index (χ4n) is 6.26. The summed E-state index contributed by atoms with van der Waals surface area (Å²) in [5.74, 6) is -2.53. The van der Waals surface area contributed by atoms with E-state index in [1.54, 1.807) is 0 Å². The summed E-state index contributed by atoms with van der Waals surface area (Å²) < 4.78 is 34.7. The van der Waals surface area contributed by atoms with Crippen molar-refractivity contribution < 1.29 is 23.1 Å². The molecule has 190 valence electrons. The molecule has 36 heavy (non-hydrogen) atoms. The Bertz CT molecular complexity index is 1220. The molecule has 0 unspecified atom stereocenters. The van der Waals surface area contributed by atoms with Crippen molar-refractivity contribution in [2.24, 2.45) is 16.7 Å². The van der Waals surface area contributed by atoms with Crippen molar-refractivity contribution in [1.82, 2.24) is 4.90 Å². The summed E-state index contributed by atoms with van der Waals surface area (Å²) in [5.41, 5.74) is -1.41. The summed E-state index contributed by atoms with van der Waals surface area (Å²) in [7, 11) is 0. The number of carbonyl (C=O) groups is 2. The van der Waals surface area contributed by atoms with Gasteiger partial charge in [-0.3, -0.25) is 15.0 Å². The molecule has 1 aromatic rings. The Morgan fingerprint density at radius 1 is 1.17 bits per heavy atom. The van der Waals surface area contributed by atoms with Crippen molar-refractivity contribution in [3.8, 4) is 0 Å². The Labute approximate surface area is 208 Å². The topological polar surface area (TPSA) is 118 Å². The predicted molar refractivity (Wildman–Crippen MR) is 132 cm³/mol. The molecule has 1 aromatic carbocycles. The number of ketones is 1. The number of halogens is 2. The normalized spacial score (nSPS) is 28.2. The highest BCUT2D eigenvalue weighted by Gasteiger charge is 2.68. The average Bonchev–Trinajstić information content (AvgIpc) is 3.18. The van der Waals surface area contributed by atoms with Gasteiger partial charge in [-0.2, -0.15) is 0 Å². The molecule has 1 aliphatic heterocycles. The molecular weight excluding hydrogens is 466 g/mol. The Morgan fingerprint density at radius 3 is 2.47 bits per heavy atom. The van der Waals surface area contributed by atoms with Crippen molar-refractivity contribution in [1.29, 1.82) is 16.2 Å². The van der Waals surface area contributed by atoms with Crippen LogP contribution in [0.3, 0.4) is 0 Å². The summed E-state index contributed by atoms with van der Waals surface area (Å²) in [6.45, 7) is 6.13. The third-order valence-corrected chi connectivity index (χ3v) is 8.11. The molecule has 3 atom stereocenters. The highest BCUT2D eigenvalue weighted by molar-refractivity contribution is 6.42. The number of carbonyl (C=O) groups excluding carboxylic acids is 2.